The summed E-state index contributed by atoms with van der Waals surface area (Å²) in [5.41, 5.74) is -0.911. The number of nitrogens with zero attached hydrogens (tertiary/aromatic N) is 3. The first-order valence-electron chi connectivity index (χ1n) is 12.2. The minimum Gasteiger partial charge on any atom is -0.490 e. The van der Waals surface area contributed by atoms with Gasteiger partial charge in [-0.25, -0.2) is 17.6 Å². The summed E-state index contributed by atoms with van der Waals surface area (Å²) in [7, 11) is -3.92. The molecule has 202 valence electrons. The number of imide groups is 1. The maximum atomic E-state index is 13.5. The van der Waals surface area contributed by atoms with Gasteiger partial charge in [-0.3, -0.25) is 14.5 Å². The molecule has 2 saturated heterocycles. The van der Waals surface area contributed by atoms with E-state index in [2.05, 4.69) is 5.32 Å². The Bertz CT molecular complexity index is 1390. The van der Waals surface area contributed by atoms with Gasteiger partial charge in [-0.2, -0.15) is 4.31 Å². The summed E-state index contributed by atoms with van der Waals surface area (Å²) >= 11 is 0. The molecule has 0 spiro atoms. The van der Waals surface area contributed by atoms with E-state index in [0.29, 0.717) is 30.3 Å². The molecule has 3 aliphatic rings. The number of halogens is 1. The largest absolute Gasteiger partial charge is 0.490 e. The summed E-state index contributed by atoms with van der Waals surface area (Å²) in [4.78, 5) is 41.2. The van der Waals surface area contributed by atoms with Crippen LogP contribution in [-0.4, -0.2) is 86.3 Å². The van der Waals surface area contributed by atoms with Crippen LogP contribution in [0.25, 0.3) is 0 Å². The molecule has 3 heterocycles. The van der Waals surface area contributed by atoms with E-state index in [1.165, 1.54) is 21.3 Å². The van der Waals surface area contributed by atoms with Crippen molar-refractivity contribution < 1.29 is 36.7 Å². The Morgan fingerprint density at radius 1 is 1.03 bits per heavy atom. The van der Waals surface area contributed by atoms with Crippen LogP contribution in [0.3, 0.4) is 0 Å². The fourth-order valence-electron chi connectivity index (χ4n) is 4.70. The zero-order valence-corrected chi connectivity index (χ0v) is 21.5. The highest BCUT2D eigenvalue weighted by Crippen LogP contribution is 2.36. The number of nitrogens with one attached hydrogen (secondary N) is 1. The summed E-state index contributed by atoms with van der Waals surface area (Å²) in [5, 5.41) is 2.68. The second kappa shape index (κ2) is 9.87. The summed E-state index contributed by atoms with van der Waals surface area (Å²) in [6.45, 7) is 2.19. The molecule has 3 aliphatic heterocycles. The van der Waals surface area contributed by atoms with Crippen molar-refractivity contribution in [2.75, 3.05) is 45.9 Å². The average Bonchev–Trinajstić information content (AvgIpc) is 3.06. The van der Waals surface area contributed by atoms with Crippen LogP contribution in [0.1, 0.15) is 18.9 Å². The van der Waals surface area contributed by atoms with E-state index in [-0.39, 0.29) is 31.1 Å². The van der Waals surface area contributed by atoms with Crippen LogP contribution in [0.2, 0.25) is 0 Å². The van der Waals surface area contributed by atoms with Crippen LogP contribution < -0.4 is 14.8 Å². The maximum Gasteiger partial charge on any atom is 0.325 e. The SMILES string of the molecule is CC1(c2ccc3c(c2)OCCCO3)NC(=O)N(CC(=O)N2CCN(S(=O)(=O)c3cccc(F)c3)CC2)C1=O. The number of urea groups is 1. The lowest BCUT2D eigenvalue weighted by atomic mass is 9.91. The lowest BCUT2D eigenvalue weighted by Crippen LogP contribution is -2.53. The highest BCUT2D eigenvalue weighted by molar-refractivity contribution is 7.89. The van der Waals surface area contributed by atoms with Crippen LogP contribution in [0.4, 0.5) is 9.18 Å². The molecule has 38 heavy (non-hydrogen) atoms. The van der Waals surface area contributed by atoms with Crippen LogP contribution in [0.15, 0.2) is 47.4 Å². The van der Waals surface area contributed by atoms with Crippen molar-refractivity contribution in [3.63, 3.8) is 0 Å². The van der Waals surface area contributed by atoms with Gasteiger partial charge in [0.25, 0.3) is 5.91 Å². The second-order valence-corrected chi connectivity index (χ2v) is 11.3. The molecule has 0 aliphatic carbocycles. The highest BCUT2D eigenvalue weighted by Gasteiger charge is 2.50. The van der Waals surface area contributed by atoms with Gasteiger partial charge in [-0.05, 0) is 42.8 Å². The van der Waals surface area contributed by atoms with Gasteiger partial charge in [0.05, 0.1) is 18.1 Å². The predicted octanol–water partition coefficient (Wildman–Crippen LogP) is 1.29. The highest BCUT2D eigenvalue weighted by atomic mass is 32.2. The van der Waals surface area contributed by atoms with Crippen molar-refractivity contribution in [2.24, 2.45) is 0 Å². The molecule has 13 heteroatoms. The molecular formula is C25H27FN4O7S. The third-order valence-corrected chi connectivity index (χ3v) is 8.81. The minimum absolute atomic E-state index is 0.000356. The van der Waals surface area contributed by atoms with E-state index in [0.717, 1.165) is 23.5 Å². The number of hydrogen-bond acceptors (Lipinski definition) is 7. The molecule has 4 amide bonds. The van der Waals surface area contributed by atoms with Crippen LogP contribution in [-0.2, 0) is 25.2 Å². The van der Waals surface area contributed by atoms with Crippen LogP contribution in [0, 0.1) is 5.82 Å². The number of carbonyl (C=O) groups is 3. The summed E-state index contributed by atoms with van der Waals surface area (Å²) in [6, 6.07) is 9.05. The molecule has 0 radical (unpaired) electrons. The Morgan fingerprint density at radius 2 is 1.74 bits per heavy atom. The van der Waals surface area contributed by atoms with E-state index in [1.807, 2.05) is 0 Å². The second-order valence-electron chi connectivity index (χ2n) is 9.40. The third kappa shape index (κ3) is 4.67. The maximum absolute atomic E-state index is 13.5. The van der Waals surface area contributed by atoms with Gasteiger partial charge in [-0.1, -0.05) is 12.1 Å². The fraction of sp³-hybridized carbons (Fsp3) is 0.400. The van der Waals surface area contributed by atoms with E-state index < -0.39 is 45.8 Å². The van der Waals surface area contributed by atoms with Gasteiger partial charge < -0.3 is 19.7 Å². The number of benzene rings is 2. The quantitative estimate of drug-likeness (QED) is 0.560. The molecule has 1 atom stereocenters. The molecule has 1 N–H and O–H groups in total. The molecule has 2 aromatic rings. The summed E-state index contributed by atoms with van der Waals surface area (Å²) < 4.78 is 51.7. The smallest absolute Gasteiger partial charge is 0.325 e. The van der Waals surface area contributed by atoms with Crippen molar-refractivity contribution >= 4 is 27.9 Å². The zero-order valence-electron chi connectivity index (χ0n) is 20.7. The molecule has 1 unspecified atom stereocenters. The topological polar surface area (TPSA) is 126 Å². The van der Waals surface area contributed by atoms with Gasteiger partial charge in [0, 0.05) is 32.6 Å². The third-order valence-electron chi connectivity index (χ3n) is 6.92. The normalized spacial score (nSPS) is 22.3. The van der Waals surface area contributed by atoms with Gasteiger partial charge in [0.2, 0.25) is 15.9 Å². The molecule has 2 aromatic carbocycles. The number of ether oxygens (including phenoxy) is 2. The van der Waals surface area contributed by atoms with Crippen LogP contribution >= 0.6 is 0 Å². The van der Waals surface area contributed by atoms with Crippen molar-refractivity contribution in [2.45, 2.75) is 23.8 Å². The van der Waals surface area contributed by atoms with Crippen LogP contribution in [0.5, 0.6) is 11.5 Å². The first kappa shape index (κ1) is 25.9. The summed E-state index contributed by atoms with van der Waals surface area (Å²) in [6.07, 6.45) is 0.720. The number of carbonyl (C=O) groups excluding carboxylic acids is 3. The van der Waals surface area contributed by atoms with Gasteiger partial charge in [0.1, 0.15) is 17.9 Å². The summed E-state index contributed by atoms with van der Waals surface area (Å²) in [5.74, 6) is -0.704. The fourth-order valence-corrected chi connectivity index (χ4v) is 6.15. The van der Waals surface area contributed by atoms with E-state index in [1.54, 1.807) is 25.1 Å². The number of fused-ring (bicyclic) bond motifs is 1. The molecule has 0 saturated carbocycles. The molecular weight excluding hydrogens is 519 g/mol. The number of rotatable bonds is 5. The van der Waals surface area contributed by atoms with Gasteiger partial charge in [-0.15, -0.1) is 0 Å². The van der Waals surface area contributed by atoms with E-state index in [4.69, 9.17) is 9.47 Å². The molecule has 5 rings (SSSR count). The average molecular weight is 547 g/mol. The van der Waals surface area contributed by atoms with E-state index in [9.17, 15) is 27.2 Å². The number of sulfonamides is 1. The minimum atomic E-state index is -3.92. The molecule has 11 nitrogen and oxygen atoms in total. The number of hydrogen-bond donors (Lipinski definition) is 1. The first-order valence-corrected chi connectivity index (χ1v) is 13.6. The monoisotopic (exact) mass is 546 g/mol. The predicted molar refractivity (Wildman–Crippen MR) is 131 cm³/mol. The Morgan fingerprint density at radius 3 is 2.45 bits per heavy atom. The van der Waals surface area contributed by atoms with Gasteiger partial charge in [0.15, 0.2) is 11.5 Å². The van der Waals surface area contributed by atoms with Crippen molar-refractivity contribution in [3.8, 4) is 11.5 Å². The first-order chi connectivity index (χ1) is 18.1. The molecule has 2 fully saturated rings. The lowest BCUT2D eigenvalue weighted by Gasteiger charge is -2.34. The number of piperazine rings is 1. The lowest BCUT2D eigenvalue weighted by molar-refractivity contribution is -0.139. The Kier molecular flexibility index (Phi) is 6.73. The van der Waals surface area contributed by atoms with Crippen molar-refractivity contribution in [3.05, 3.63) is 53.8 Å². The standard InChI is InChI=1S/C25H27FN4O7S/c1-25(17-6-7-20-21(14-17)37-13-3-12-36-20)23(32)30(24(33)27-25)16-22(31)28-8-10-29(11-9-28)38(34,35)19-5-2-4-18(26)15-19/h2,4-7,14-15H,3,8-13,16H2,1H3,(H,27,33). The molecule has 0 aromatic heterocycles. The Balaban J connectivity index is 1.24. The van der Waals surface area contributed by atoms with E-state index >= 15 is 0 Å². The zero-order chi connectivity index (χ0) is 27.1. The van der Waals surface area contributed by atoms with Crippen molar-refractivity contribution in [1.29, 1.82) is 0 Å². The Hall–Kier alpha value is -3.71. The van der Waals surface area contributed by atoms with Gasteiger partial charge >= 0.3 is 6.03 Å². The number of amides is 4. The van der Waals surface area contributed by atoms with Crippen molar-refractivity contribution in [1.82, 2.24) is 19.4 Å². The Labute approximate surface area is 219 Å². The molecule has 0 bridgehead atoms.